The molecule has 0 saturated heterocycles. The van der Waals surface area contributed by atoms with E-state index in [-0.39, 0.29) is 30.8 Å². The topological polar surface area (TPSA) is 38.0 Å². The molecular formula is C8H2Cl3F3N2O. The molecule has 0 aliphatic carbocycles. The van der Waals surface area contributed by atoms with Crippen LogP contribution >= 0.6 is 34.8 Å². The Balaban J connectivity index is 2.89. The fourth-order valence-electron chi connectivity index (χ4n) is 1.31. The van der Waals surface area contributed by atoms with Crippen LogP contribution in [0.3, 0.4) is 0 Å². The molecule has 0 unspecified atom stereocenters. The van der Waals surface area contributed by atoms with Crippen molar-refractivity contribution in [1.82, 2.24) is 9.71 Å². The number of rotatable bonds is 0. The van der Waals surface area contributed by atoms with Crippen LogP contribution in [0.25, 0.3) is 11.0 Å². The summed E-state index contributed by atoms with van der Waals surface area (Å²) in [5, 5.41) is 8.88. The van der Waals surface area contributed by atoms with Gasteiger partial charge in [0.15, 0.2) is 0 Å². The summed E-state index contributed by atoms with van der Waals surface area (Å²) in [5.41, 5.74) is -0.535. The normalized spacial score (nSPS) is 12.4. The molecule has 1 aromatic heterocycles. The van der Waals surface area contributed by atoms with Crippen molar-refractivity contribution in [2.75, 3.05) is 0 Å². The van der Waals surface area contributed by atoms with Crippen LogP contribution in [0.5, 0.6) is 0 Å². The number of benzene rings is 1. The molecule has 0 radical (unpaired) electrons. The number of nitrogens with zero attached hydrogens (tertiary/aromatic N) is 2. The summed E-state index contributed by atoms with van der Waals surface area (Å²) < 4.78 is 37.2. The fraction of sp³-hybridized carbons (Fsp3) is 0.125. The van der Waals surface area contributed by atoms with Gasteiger partial charge in [0, 0.05) is 0 Å². The molecule has 17 heavy (non-hydrogen) atoms. The van der Waals surface area contributed by atoms with Crippen LogP contribution in [0.2, 0.25) is 15.1 Å². The van der Waals surface area contributed by atoms with E-state index in [0.717, 1.165) is 6.07 Å². The monoisotopic (exact) mass is 304 g/mol. The van der Waals surface area contributed by atoms with E-state index in [2.05, 4.69) is 4.98 Å². The standard InChI is InChI=1S/C8H2Cl3F3N2O/c9-2-1-3-6(5(11)4(2)10)16(17)7(15-3)8(12,13)14/h1,17H. The third-order valence-electron chi connectivity index (χ3n) is 2.01. The molecule has 92 valence electrons. The number of hydrogen-bond donors (Lipinski definition) is 1. The van der Waals surface area contributed by atoms with Crippen molar-refractivity contribution in [2.45, 2.75) is 6.18 Å². The summed E-state index contributed by atoms with van der Waals surface area (Å²) in [7, 11) is 0. The van der Waals surface area contributed by atoms with Gasteiger partial charge in [-0.05, 0) is 6.07 Å². The summed E-state index contributed by atoms with van der Waals surface area (Å²) >= 11 is 17.0. The van der Waals surface area contributed by atoms with Gasteiger partial charge in [-0.2, -0.15) is 17.9 Å². The van der Waals surface area contributed by atoms with Crippen molar-refractivity contribution in [2.24, 2.45) is 0 Å². The average molecular weight is 305 g/mol. The van der Waals surface area contributed by atoms with E-state index >= 15 is 0 Å². The van der Waals surface area contributed by atoms with E-state index in [1.165, 1.54) is 0 Å². The molecule has 2 rings (SSSR count). The van der Waals surface area contributed by atoms with Gasteiger partial charge in [-0.25, -0.2) is 4.98 Å². The van der Waals surface area contributed by atoms with Crippen LogP contribution in [0.4, 0.5) is 13.2 Å². The molecule has 0 spiro atoms. The average Bonchev–Trinajstić information content (AvgIpc) is 2.52. The van der Waals surface area contributed by atoms with Gasteiger partial charge < -0.3 is 5.21 Å². The van der Waals surface area contributed by atoms with E-state index in [4.69, 9.17) is 34.8 Å². The van der Waals surface area contributed by atoms with Crippen molar-refractivity contribution < 1.29 is 18.4 Å². The SMILES string of the molecule is On1c(C(F)(F)F)nc2cc(Cl)c(Cl)c(Cl)c21. The van der Waals surface area contributed by atoms with E-state index in [0.29, 0.717) is 0 Å². The van der Waals surface area contributed by atoms with Crippen molar-refractivity contribution in [3.63, 3.8) is 0 Å². The second-order valence-corrected chi connectivity index (χ2v) is 4.26. The minimum atomic E-state index is -4.81. The summed E-state index contributed by atoms with van der Waals surface area (Å²) in [6.45, 7) is 0. The highest BCUT2D eigenvalue weighted by atomic mass is 35.5. The molecule has 0 bridgehead atoms. The van der Waals surface area contributed by atoms with Crippen LogP contribution in [-0.2, 0) is 6.18 Å². The Kier molecular flexibility index (Phi) is 2.84. The third-order valence-corrected chi connectivity index (χ3v) is 3.26. The van der Waals surface area contributed by atoms with Crippen molar-refractivity contribution >= 4 is 45.8 Å². The Bertz CT molecular complexity index is 608. The van der Waals surface area contributed by atoms with Gasteiger partial charge in [0.25, 0.3) is 5.82 Å². The molecule has 1 aromatic carbocycles. The zero-order chi connectivity index (χ0) is 13.0. The minimum Gasteiger partial charge on any atom is -0.426 e. The lowest BCUT2D eigenvalue weighted by atomic mass is 10.3. The lowest BCUT2D eigenvalue weighted by Crippen LogP contribution is -2.13. The molecule has 9 heteroatoms. The van der Waals surface area contributed by atoms with Gasteiger partial charge >= 0.3 is 6.18 Å². The van der Waals surface area contributed by atoms with Gasteiger partial charge in [-0.15, -0.1) is 0 Å². The Hall–Kier alpha value is -0.850. The molecule has 0 fully saturated rings. The molecule has 0 aliphatic rings. The zero-order valence-corrected chi connectivity index (χ0v) is 9.95. The van der Waals surface area contributed by atoms with E-state index in [1.807, 2.05) is 0 Å². The molecule has 1 heterocycles. The highest BCUT2D eigenvalue weighted by molar-refractivity contribution is 6.50. The second-order valence-electron chi connectivity index (χ2n) is 3.10. The molecule has 0 aliphatic heterocycles. The Morgan fingerprint density at radius 1 is 1.18 bits per heavy atom. The van der Waals surface area contributed by atoms with E-state index < -0.39 is 12.0 Å². The smallest absolute Gasteiger partial charge is 0.426 e. The maximum absolute atomic E-state index is 12.5. The molecular weight excluding hydrogens is 303 g/mol. The van der Waals surface area contributed by atoms with Crippen molar-refractivity contribution in [3.05, 3.63) is 27.0 Å². The number of fused-ring (bicyclic) bond motifs is 1. The number of aromatic nitrogens is 2. The van der Waals surface area contributed by atoms with Gasteiger partial charge in [0.2, 0.25) is 0 Å². The van der Waals surface area contributed by atoms with Crippen LogP contribution in [0, 0.1) is 0 Å². The van der Waals surface area contributed by atoms with Crippen molar-refractivity contribution in [3.8, 4) is 0 Å². The van der Waals surface area contributed by atoms with E-state index in [9.17, 15) is 18.4 Å². The number of halogens is 6. The first-order chi connectivity index (χ1) is 7.73. The highest BCUT2D eigenvalue weighted by Crippen LogP contribution is 2.39. The molecule has 0 saturated carbocycles. The predicted octanol–water partition coefficient (Wildman–Crippen LogP) is 4.25. The Morgan fingerprint density at radius 3 is 2.29 bits per heavy atom. The molecule has 3 nitrogen and oxygen atoms in total. The van der Waals surface area contributed by atoms with Crippen LogP contribution < -0.4 is 0 Å². The lowest BCUT2D eigenvalue weighted by molar-refractivity contribution is -0.153. The maximum Gasteiger partial charge on any atom is 0.453 e. The number of alkyl halides is 3. The Labute approximate surface area is 107 Å². The van der Waals surface area contributed by atoms with Gasteiger partial charge in [-0.3, -0.25) is 0 Å². The highest BCUT2D eigenvalue weighted by Gasteiger charge is 2.39. The zero-order valence-electron chi connectivity index (χ0n) is 7.69. The molecule has 0 atom stereocenters. The Morgan fingerprint density at radius 2 is 1.76 bits per heavy atom. The maximum atomic E-state index is 12.5. The van der Waals surface area contributed by atoms with Gasteiger partial charge in [-0.1, -0.05) is 34.8 Å². The quantitative estimate of drug-likeness (QED) is 0.583. The summed E-state index contributed by atoms with van der Waals surface area (Å²) in [5.74, 6) is -1.49. The molecule has 2 aromatic rings. The second kappa shape index (κ2) is 3.83. The fourth-order valence-corrected chi connectivity index (χ4v) is 1.98. The summed E-state index contributed by atoms with van der Waals surface area (Å²) in [4.78, 5) is 3.21. The van der Waals surface area contributed by atoms with Crippen LogP contribution in [0.15, 0.2) is 6.07 Å². The first kappa shape index (κ1) is 12.6. The third kappa shape index (κ3) is 1.90. The molecule has 1 N–H and O–H groups in total. The van der Waals surface area contributed by atoms with Crippen LogP contribution in [-0.4, -0.2) is 14.9 Å². The van der Waals surface area contributed by atoms with Crippen molar-refractivity contribution in [1.29, 1.82) is 0 Å². The number of imidazole rings is 1. The summed E-state index contributed by atoms with van der Waals surface area (Å²) in [6, 6.07) is 1.09. The van der Waals surface area contributed by atoms with Gasteiger partial charge in [0.1, 0.15) is 5.52 Å². The van der Waals surface area contributed by atoms with Crippen LogP contribution in [0.1, 0.15) is 5.82 Å². The number of hydrogen-bond acceptors (Lipinski definition) is 2. The minimum absolute atomic E-state index is 0.0454. The summed E-state index contributed by atoms with van der Waals surface area (Å²) in [6.07, 6.45) is -4.81. The first-order valence-electron chi connectivity index (χ1n) is 4.06. The first-order valence-corrected chi connectivity index (χ1v) is 5.19. The van der Waals surface area contributed by atoms with E-state index in [1.54, 1.807) is 0 Å². The molecule has 0 amide bonds. The largest absolute Gasteiger partial charge is 0.453 e. The predicted molar refractivity (Wildman–Crippen MR) is 56.9 cm³/mol. The lowest BCUT2D eigenvalue weighted by Gasteiger charge is -2.05. The van der Waals surface area contributed by atoms with Gasteiger partial charge in [0.05, 0.1) is 20.6 Å².